The summed E-state index contributed by atoms with van der Waals surface area (Å²) in [6.07, 6.45) is -4.30. The molecule has 108 valence electrons. The van der Waals surface area contributed by atoms with Crippen LogP contribution in [0.4, 0.5) is 13.2 Å². The Bertz CT molecular complexity index is 391. The Labute approximate surface area is 117 Å². The smallest absolute Gasteiger partial charge is 0.309 e. The van der Waals surface area contributed by atoms with E-state index < -0.39 is 11.7 Å². The largest absolute Gasteiger partial charge is 0.416 e. The van der Waals surface area contributed by atoms with Gasteiger partial charge in [0.2, 0.25) is 0 Å². The van der Waals surface area contributed by atoms with Crippen LogP contribution in [0.1, 0.15) is 37.9 Å². The quantitative estimate of drug-likeness (QED) is 0.828. The highest BCUT2D eigenvalue weighted by Crippen LogP contribution is 2.35. The van der Waals surface area contributed by atoms with Gasteiger partial charge in [0.15, 0.2) is 0 Å². The fraction of sp³-hybridized carbons (Fsp3) is 0.571. The Kier molecular flexibility index (Phi) is 6.20. The first kappa shape index (κ1) is 16.4. The molecule has 19 heavy (non-hydrogen) atoms. The van der Waals surface area contributed by atoms with Gasteiger partial charge in [-0.1, -0.05) is 39.0 Å². The number of nitrogens with one attached hydrogen (secondary N) is 1. The van der Waals surface area contributed by atoms with Crippen LogP contribution in [0.2, 0.25) is 0 Å². The van der Waals surface area contributed by atoms with Crippen LogP contribution in [-0.4, -0.2) is 17.5 Å². The van der Waals surface area contributed by atoms with Crippen molar-refractivity contribution in [2.45, 2.75) is 38.2 Å². The van der Waals surface area contributed by atoms with Crippen molar-refractivity contribution in [1.29, 1.82) is 0 Å². The standard InChI is InChI=1S/C14H20F3NS/c1-4-18-13(9-19-10(2)3)11-7-5-6-8-12(11)14(15,16)17/h5-8,10,13,18H,4,9H2,1-3H3. The lowest BCUT2D eigenvalue weighted by Gasteiger charge is -2.23. The minimum atomic E-state index is -4.30. The van der Waals surface area contributed by atoms with Crippen LogP contribution in [0.25, 0.3) is 0 Å². The predicted octanol–water partition coefficient (Wildman–Crippen LogP) is 4.50. The second kappa shape index (κ2) is 7.20. The monoisotopic (exact) mass is 291 g/mol. The molecule has 0 fully saturated rings. The molecule has 1 atom stereocenters. The predicted molar refractivity (Wildman–Crippen MR) is 75.5 cm³/mol. The molecule has 1 rings (SSSR count). The van der Waals surface area contributed by atoms with E-state index in [0.29, 0.717) is 23.1 Å². The van der Waals surface area contributed by atoms with Crippen LogP contribution in [-0.2, 0) is 6.18 Å². The maximum atomic E-state index is 13.0. The summed E-state index contributed by atoms with van der Waals surface area (Å²) >= 11 is 1.66. The minimum absolute atomic E-state index is 0.268. The summed E-state index contributed by atoms with van der Waals surface area (Å²) in [6, 6.07) is 5.55. The molecule has 0 saturated carbocycles. The summed E-state index contributed by atoms with van der Waals surface area (Å²) in [5.74, 6) is 0.638. The number of alkyl halides is 3. The number of halogens is 3. The molecular formula is C14H20F3NS. The summed E-state index contributed by atoms with van der Waals surface area (Å²) in [6.45, 7) is 6.64. The average Bonchev–Trinajstić information content (AvgIpc) is 2.33. The molecule has 1 aromatic carbocycles. The molecule has 0 bridgehead atoms. The number of hydrogen-bond donors (Lipinski definition) is 1. The fourth-order valence-corrected chi connectivity index (χ4v) is 2.73. The molecule has 0 aromatic heterocycles. The normalized spacial score (nSPS) is 13.8. The van der Waals surface area contributed by atoms with Crippen molar-refractivity contribution in [3.05, 3.63) is 35.4 Å². The van der Waals surface area contributed by atoms with Gasteiger partial charge in [-0.05, 0) is 23.4 Å². The van der Waals surface area contributed by atoms with Crippen molar-refractivity contribution in [1.82, 2.24) is 5.32 Å². The summed E-state index contributed by atoms with van der Waals surface area (Å²) in [4.78, 5) is 0. The van der Waals surface area contributed by atoms with E-state index in [1.165, 1.54) is 6.07 Å². The SMILES string of the molecule is CCNC(CSC(C)C)c1ccccc1C(F)(F)F. The van der Waals surface area contributed by atoms with Gasteiger partial charge < -0.3 is 5.32 Å². The molecule has 1 nitrogen and oxygen atoms in total. The maximum Gasteiger partial charge on any atom is 0.416 e. The Morgan fingerprint density at radius 1 is 1.21 bits per heavy atom. The highest BCUT2D eigenvalue weighted by atomic mass is 32.2. The van der Waals surface area contributed by atoms with Crippen LogP contribution < -0.4 is 5.32 Å². The van der Waals surface area contributed by atoms with E-state index in [4.69, 9.17) is 0 Å². The molecule has 1 N–H and O–H groups in total. The molecule has 0 saturated heterocycles. The Morgan fingerprint density at radius 3 is 2.37 bits per heavy atom. The van der Waals surface area contributed by atoms with Gasteiger partial charge in [0.1, 0.15) is 0 Å². The summed E-state index contributed by atoms with van der Waals surface area (Å²) in [5, 5.41) is 3.55. The van der Waals surface area contributed by atoms with E-state index in [0.717, 1.165) is 6.07 Å². The Morgan fingerprint density at radius 2 is 1.84 bits per heavy atom. The second-order valence-electron chi connectivity index (χ2n) is 4.58. The zero-order valence-corrected chi connectivity index (χ0v) is 12.2. The molecule has 0 aliphatic heterocycles. The van der Waals surface area contributed by atoms with Crippen LogP contribution in [0.3, 0.4) is 0 Å². The molecule has 0 heterocycles. The van der Waals surface area contributed by atoms with Crippen molar-refractivity contribution < 1.29 is 13.2 Å². The van der Waals surface area contributed by atoms with Crippen LogP contribution in [0.15, 0.2) is 24.3 Å². The first-order valence-corrected chi connectivity index (χ1v) is 7.42. The van der Waals surface area contributed by atoms with E-state index in [1.54, 1.807) is 23.9 Å². The van der Waals surface area contributed by atoms with Crippen LogP contribution in [0.5, 0.6) is 0 Å². The third kappa shape index (κ3) is 5.07. The van der Waals surface area contributed by atoms with Gasteiger partial charge in [0.25, 0.3) is 0 Å². The Balaban J connectivity index is 3.01. The highest BCUT2D eigenvalue weighted by Gasteiger charge is 2.34. The second-order valence-corrected chi connectivity index (χ2v) is 6.19. The number of thioether (sulfide) groups is 1. The zero-order chi connectivity index (χ0) is 14.5. The average molecular weight is 291 g/mol. The van der Waals surface area contributed by atoms with E-state index in [-0.39, 0.29) is 6.04 Å². The number of benzene rings is 1. The molecule has 1 unspecified atom stereocenters. The number of hydrogen-bond acceptors (Lipinski definition) is 2. The van der Waals surface area contributed by atoms with E-state index >= 15 is 0 Å². The third-order valence-electron chi connectivity index (χ3n) is 2.69. The lowest BCUT2D eigenvalue weighted by Crippen LogP contribution is -2.26. The van der Waals surface area contributed by atoms with Crippen molar-refractivity contribution in [2.75, 3.05) is 12.3 Å². The molecule has 5 heteroatoms. The molecule has 0 radical (unpaired) electrons. The van der Waals surface area contributed by atoms with Crippen molar-refractivity contribution in [2.24, 2.45) is 0 Å². The van der Waals surface area contributed by atoms with E-state index in [2.05, 4.69) is 5.32 Å². The molecular weight excluding hydrogens is 271 g/mol. The van der Waals surface area contributed by atoms with Crippen LogP contribution >= 0.6 is 11.8 Å². The summed E-state index contributed by atoms with van der Waals surface area (Å²) in [7, 11) is 0. The molecule has 0 spiro atoms. The number of rotatable bonds is 6. The Hall–Kier alpha value is -0.680. The van der Waals surface area contributed by atoms with Crippen LogP contribution in [0, 0.1) is 0 Å². The van der Waals surface area contributed by atoms with Crippen molar-refractivity contribution in [3.8, 4) is 0 Å². The summed E-state index contributed by atoms with van der Waals surface area (Å²) < 4.78 is 39.0. The van der Waals surface area contributed by atoms with E-state index in [9.17, 15) is 13.2 Å². The highest BCUT2D eigenvalue weighted by molar-refractivity contribution is 7.99. The van der Waals surface area contributed by atoms with Gasteiger partial charge in [-0.25, -0.2) is 0 Å². The van der Waals surface area contributed by atoms with Crippen molar-refractivity contribution in [3.63, 3.8) is 0 Å². The van der Waals surface area contributed by atoms with Crippen molar-refractivity contribution >= 4 is 11.8 Å². The fourth-order valence-electron chi connectivity index (χ4n) is 1.85. The third-order valence-corrected chi connectivity index (χ3v) is 3.88. The molecule has 0 amide bonds. The van der Waals surface area contributed by atoms with Gasteiger partial charge in [0, 0.05) is 11.8 Å². The molecule has 0 aliphatic rings. The topological polar surface area (TPSA) is 12.0 Å². The minimum Gasteiger partial charge on any atom is -0.309 e. The first-order valence-electron chi connectivity index (χ1n) is 6.37. The first-order chi connectivity index (χ1) is 8.86. The van der Waals surface area contributed by atoms with Gasteiger partial charge >= 0.3 is 6.18 Å². The van der Waals surface area contributed by atoms with Gasteiger partial charge in [0.05, 0.1) is 5.56 Å². The van der Waals surface area contributed by atoms with Gasteiger partial charge in [-0.2, -0.15) is 24.9 Å². The van der Waals surface area contributed by atoms with Gasteiger partial charge in [-0.3, -0.25) is 0 Å². The zero-order valence-electron chi connectivity index (χ0n) is 11.4. The molecule has 0 aliphatic carbocycles. The lowest BCUT2D eigenvalue weighted by molar-refractivity contribution is -0.138. The van der Waals surface area contributed by atoms with E-state index in [1.807, 2.05) is 20.8 Å². The summed E-state index contributed by atoms with van der Waals surface area (Å²) in [5.41, 5.74) is -0.199. The molecule has 1 aromatic rings. The maximum absolute atomic E-state index is 13.0. The van der Waals surface area contributed by atoms with Gasteiger partial charge in [-0.15, -0.1) is 0 Å². The lowest BCUT2D eigenvalue weighted by atomic mass is 10.0.